The summed E-state index contributed by atoms with van der Waals surface area (Å²) < 4.78 is 23.9. The van der Waals surface area contributed by atoms with Crippen LogP contribution in [0.4, 0.5) is 5.69 Å². The van der Waals surface area contributed by atoms with E-state index in [9.17, 15) is 19.2 Å². The summed E-state index contributed by atoms with van der Waals surface area (Å²) in [5.41, 5.74) is 3.55. The molecule has 2 N–H and O–H groups in total. The zero-order chi connectivity index (χ0) is 37.5. The number of benzene rings is 4. The summed E-state index contributed by atoms with van der Waals surface area (Å²) in [7, 11) is 1.53. The zero-order valence-corrected chi connectivity index (χ0v) is 30.0. The molecule has 0 amide bonds. The van der Waals surface area contributed by atoms with Gasteiger partial charge in [0.15, 0.2) is 5.58 Å². The van der Waals surface area contributed by atoms with Crippen molar-refractivity contribution in [2.75, 3.05) is 20.3 Å². The van der Waals surface area contributed by atoms with E-state index in [0.29, 0.717) is 71.5 Å². The standard InChI is InChI=1S/C42H29N3O8S/c1-4-51-41(48)33-31(37-35(44-39(33)46)26-14-7-9-16-29(26)53-37)23-12-10-11-22(19-23)21-43-24-17-18-27-30(20-24)54-38-32(25-13-6-8-15-28(25)50-3)34(42(49)52-5-2)40(47)45-36(27)38/h6-20H,4-5H2,1-3H3,(H-,44,45,46,47,48,49)/p+1. The Hall–Kier alpha value is -6.97. The number of furan rings is 1. The van der Waals surface area contributed by atoms with Gasteiger partial charge in [0, 0.05) is 44.3 Å². The Balaban J connectivity index is 1.25. The van der Waals surface area contributed by atoms with E-state index in [1.54, 1.807) is 62.4 Å². The van der Waals surface area contributed by atoms with Gasteiger partial charge in [-0.1, -0.05) is 42.5 Å². The first-order valence-corrected chi connectivity index (χ1v) is 17.9. The molecule has 0 spiro atoms. The minimum atomic E-state index is -0.764. The molecule has 0 aliphatic rings. The molecule has 0 aliphatic heterocycles. The predicted molar refractivity (Wildman–Crippen MR) is 210 cm³/mol. The van der Waals surface area contributed by atoms with E-state index in [1.807, 2.05) is 42.5 Å². The zero-order valence-electron chi connectivity index (χ0n) is 29.2. The van der Waals surface area contributed by atoms with Crippen molar-refractivity contribution >= 4 is 71.3 Å². The molecule has 0 aliphatic carbocycles. The lowest BCUT2D eigenvalue weighted by Gasteiger charge is -2.13. The summed E-state index contributed by atoms with van der Waals surface area (Å²) >= 11 is 1.40. The molecule has 0 radical (unpaired) electrons. The number of nitrogens with zero attached hydrogens (tertiary/aromatic N) is 1. The fraction of sp³-hybridized carbons (Fsp3) is 0.119. The molecule has 4 heterocycles. The molecule has 0 unspecified atom stereocenters. The van der Waals surface area contributed by atoms with Gasteiger partial charge in [0.05, 0.1) is 36.1 Å². The summed E-state index contributed by atoms with van der Waals surface area (Å²) in [5, 5.41) is 1.48. The first-order valence-electron chi connectivity index (χ1n) is 17.1. The maximum absolute atomic E-state index is 13.5. The molecule has 54 heavy (non-hydrogen) atoms. The van der Waals surface area contributed by atoms with Crippen LogP contribution in [0.25, 0.3) is 69.5 Å². The molecule has 8 rings (SSSR count). The van der Waals surface area contributed by atoms with Crippen LogP contribution in [-0.4, -0.2) is 42.2 Å². The number of fused-ring (bicyclic) bond motifs is 6. The Morgan fingerprint density at radius 2 is 1.48 bits per heavy atom. The van der Waals surface area contributed by atoms with Crippen LogP contribution in [-0.2, 0) is 9.47 Å². The van der Waals surface area contributed by atoms with Crippen molar-refractivity contribution in [3.05, 3.63) is 133 Å². The number of ether oxygens (including phenoxy) is 3. The molecule has 266 valence electrons. The number of pyridine rings is 2. The number of thiophene rings is 1. The van der Waals surface area contributed by atoms with Crippen molar-refractivity contribution in [3.8, 4) is 34.1 Å². The first kappa shape index (κ1) is 34.1. The minimum Gasteiger partial charge on any atom is -0.496 e. The average molecular weight is 737 g/mol. The quantitative estimate of drug-likeness (QED) is 0.154. The molecule has 0 bridgehead atoms. The van der Waals surface area contributed by atoms with E-state index < -0.39 is 23.1 Å². The highest BCUT2D eigenvalue weighted by atomic mass is 32.1. The Morgan fingerprint density at radius 3 is 2.24 bits per heavy atom. The van der Waals surface area contributed by atoms with Crippen molar-refractivity contribution < 1.29 is 28.2 Å². The largest absolute Gasteiger partial charge is 0.496 e. The fourth-order valence-electron chi connectivity index (χ4n) is 6.66. The third kappa shape index (κ3) is 5.77. The molecule has 0 atom stereocenters. The van der Waals surface area contributed by atoms with Crippen molar-refractivity contribution in [2.45, 2.75) is 13.8 Å². The van der Waals surface area contributed by atoms with Gasteiger partial charge in [-0.15, -0.1) is 11.3 Å². The topological polar surface area (TPSA) is 145 Å². The lowest BCUT2D eigenvalue weighted by molar-refractivity contribution is 0.0515. The summed E-state index contributed by atoms with van der Waals surface area (Å²) in [6, 6.07) is 30.3. The van der Waals surface area contributed by atoms with E-state index in [0.717, 1.165) is 10.1 Å². The van der Waals surface area contributed by atoms with Gasteiger partial charge >= 0.3 is 23.7 Å². The Labute approximate surface area is 310 Å². The number of hydrogen-bond donors (Lipinski definition) is 2. The number of nitrogens with one attached hydrogen (secondary N) is 2. The monoisotopic (exact) mass is 736 g/mol. The van der Waals surface area contributed by atoms with Crippen molar-refractivity contribution in [1.29, 1.82) is 0 Å². The van der Waals surface area contributed by atoms with E-state index in [-0.39, 0.29) is 24.3 Å². The normalized spacial score (nSPS) is 11.2. The van der Waals surface area contributed by atoms with Crippen LogP contribution in [0.15, 0.2) is 105 Å². The summed E-state index contributed by atoms with van der Waals surface area (Å²) in [5.74, 6) is -0.984. The molecule has 0 fully saturated rings. The molecule has 12 heteroatoms. The van der Waals surface area contributed by atoms with E-state index in [2.05, 4.69) is 20.9 Å². The van der Waals surface area contributed by atoms with Gasteiger partial charge in [0.2, 0.25) is 0 Å². The second kappa shape index (κ2) is 13.9. The molecule has 0 saturated heterocycles. The Kier molecular flexibility index (Phi) is 8.77. The van der Waals surface area contributed by atoms with Crippen LogP contribution in [0.1, 0.15) is 40.1 Å². The molecular formula is C42H30N3O8S+. The Bertz CT molecular complexity index is 3010. The number of carbonyl (C=O) groups excluding carboxylic acids is 2. The van der Waals surface area contributed by atoms with Crippen LogP contribution in [0.2, 0.25) is 0 Å². The van der Waals surface area contributed by atoms with Crippen LogP contribution in [0.5, 0.6) is 5.75 Å². The van der Waals surface area contributed by atoms with Crippen LogP contribution in [0, 0.1) is 6.07 Å². The highest BCUT2D eigenvalue weighted by molar-refractivity contribution is 7.26. The lowest BCUT2D eigenvalue weighted by atomic mass is 9.98. The SMILES string of the molecule is CCOC(=O)c1c(-c2cccc(C#[N+]c3ccc4c(c3)sc3c(-c5ccccc5OC)c(C(=O)OCC)c(=O)[nH]c34)c2)c2oc3ccccc3c2[nH]c1=O. The summed E-state index contributed by atoms with van der Waals surface area (Å²) in [4.78, 5) is 63.6. The highest BCUT2D eigenvalue weighted by Crippen LogP contribution is 2.43. The van der Waals surface area contributed by atoms with E-state index in [4.69, 9.17) is 18.6 Å². The highest BCUT2D eigenvalue weighted by Gasteiger charge is 2.28. The third-order valence-corrected chi connectivity index (χ3v) is 10.1. The maximum Gasteiger partial charge on any atom is 0.344 e. The summed E-state index contributed by atoms with van der Waals surface area (Å²) in [6.07, 6.45) is 0. The predicted octanol–water partition coefficient (Wildman–Crippen LogP) is 9.04. The molecule has 11 nitrogen and oxygen atoms in total. The number of para-hydroxylation sites is 2. The molecular weight excluding hydrogens is 707 g/mol. The smallest absolute Gasteiger partial charge is 0.344 e. The van der Waals surface area contributed by atoms with Gasteiger partial charge in [-0.25, -0.2) is 9.59 Å². The number of carbonyl (C=O) groups is 2. The van der Waals surface area contributed by atoms with Crippen molar-refractivity contribution in [2.24, 2.45) is 0 Å². The van der Waals surface area contributed by atoms with Crippen molar-refractivity contribution in [1.82, 2.24) is 9.97 Å². The molecule has 8 aromatic rings. The fourth-order valence-corrected chi connectivity index (χ4v) is 7.92. The second-order valence-corrected chi connectivity index (χ2v) is 13.2. The molecule has 4 aromatic heterocycles. The summed E-state index contributed by atoms with van der Waals surface area (Å²) in [6.45, 7) is 3.55. The Morgan fingerprint density at radius 1 is 0.778 bits per heavy atom. The number of rotatable bonds is 7. The van der Waals surface area contributed by atoms with Gasteiger partial charge < -0.3 is 28.6 Å². The van der Waals surface area contributed by atoms with Crippen molar-refractivity contribution in [3.63, 3.8) is 0 Å². The van der Waals surface area contributed by atoms with Crippen LogP contribution in [0.3, 0.4) is 0 Å². The maximum atomic E-state index is 13.5. The average Bonchev–Trinajstić information content (AvgIpc) is 3.73. The van der Waals surface area contributed by atoms with Gasteiger partial charge in [0.1, 0.15) is 28.0 Å². The van der Waals surface area contributed by atoms with Gasteiger partial charge in [-0.3, -0.25) is 9.59 Å². The molecule has 0 saturated carbocycles. The lowest BCUT2D eigenvalue weighted by Crippen LogP contribution is -2.21. The number of H-pyrrole nitrogens is 2. The number of hydrogen-bond acceptors (Lipinski definition) is 9. The first-order chi connectivity index (χ1) is 26.3. The van der Waals surface area contributed by atoms with E-state index in [1.165, 1.54) is 18.4 Å². The number of methoxy groups -OCH3 is 1. The number of esters is 2. The van der Waals surface area contributed by atoms with Gasteiger partial charge in [0.25, 0.3) is 11.1 Å². The van der Waals surface area contributed by atoms with Crippen LogP contribution < -0.4 is 15.9 Å². The molecule has 4 aromatic carbocycles. The van der Waals surface area contributed by atoms with Gasteiger partial charge in [-0.2, -0.15) is 0 Å². The third-order valence-electron chi connectivity index (χ3n) is 8.96. The van der Waals surface area contributed by atoms with Gasteiger partial charge in [-0.05, 0) is 60.7 Å². The minimum absolute atomic E-state index is 0.0882. The van der Waals surface area contributed by atoms with Crippen LogP contribution >= 0.6 is 11.3 Å². The second-order valence-electron chi connectivity index (χ2n) is 12.1. The number of aromatic nitrogens is 2. The number of aromatic amines is 2. The van der Waals surface area contributed by atoms with E-state index >= 15 is 0 Å².